The average Bonchev–Trinajstić information content (AvgIpc) is 2.47. The van der Waals surface area contributed by atoms with Crippen molar-refractivity contribution in [3.8, 4) is 6.07 Å². The van der Waals surface area contributed by atoms with Crippen LogP contribution in [0.5, 0.6) is 0 Å². The molecule has 0 radical (unpaired) electrons. The minimum Gasteiger partial charge on any atom is -0.360 e. The molecule has 0 spiro atoms. The highest BCUT2D eigenvalue weighted by Crippen LogP contribution is 2.25. The van der Waals surface area contributed by atoms with Gasteiger partial charge in [-0.2, -0.15) is 5.26 Å². The summed E-state index contributed by atoms with van der Waals surface area (Å²) in [6.07, 6.45) is 1.91. The average molecular weight is 235 g/mol. The number of hydrogen-bond donors (Lipinski definition) is 1. The maximum absolute atomic E-state index is 8.88. The van der Waals surface area contributed by atoms with Gasteiger partial charge < -0.3 is 4.98 Å². The zero-order chi connectivity index (χ0) is 9.42. The number of nitriles is 1. The fourth-order valence-electron chi connectivity index (χ4n) is 1.42. The van der Waals surface area contributed by atoms with Gasteiger partial charge in [0.25, 0.3) is 0 Å². The molecule has 13 heavy (non-hydrogen) atoms. The predicted octanol–water partition coefficient (Wildman–Crippen LogP) is 3.11. The Morgan fingerprint density at radius 2 is 2.23 bits per heavy atom. The van der Waals surface area contributed by atoms with Crippen molar-refractivity contribution in [1.82, 2.24) is 4.98 Å². The second kappa shape index (κ2) is 2.90. The van der Waals surface area contributed by atoms with Crippen LogP contribution in [0.3, 0.4) is 0 Å². The summed E-state index contributed by atoms with van der Waals surface area (Å²) in [5, 5.41) is 9.98. The molecule has 0 aliphatic carbocycles. The van der Waals surface area contributed by atoms with Crippen molar-refractivity contribution in [2.75, 3.05) is 0 Å². The van der Waals surface area contributed by atoms with Gasteiger partial charge >= 0.3 is 0 Å². The molecule has 0 aliphatic rings. The van der Waals surface area contributed by atoms with Gasteiger partial charge in [0.05, 0.1) is 11.1 Å². The van der Waals surface area contributed by atoms with Gasteiger partial charge in [-0.3, -0.25) is 0 Å². The monoisotopic (exact) mass is 234 g/mol. The molecule has 64 valence electrons. The molecular formula is C10H7BrN2. The normalized spacial score (nSPS) is 10.2. The number of halogens is 1. The SMILES string of the molecule is Cc1c[nH]c2c(C#N)cc(Br)cc12. The van der Waals surface area contributed by atoms with E-state index < -0.39 is 0 Å². The summed E-state index contributed by atoms with van der Waals surface area (Å²) in [4.78, 5) is 3.09. The number of aryl methyl sites for hydroxylation is 1. The van der Waals surface area contributed by atoms with Crippen LogP contribution in [0.4, 0.5) is 0 Å². The van der Waals surface area contributed by atoms with Gasteiger partial charge in [-0.05, 0) is 24.6 Å². The first-order valence-electron chi connectivity index (χ1n) is 3.89. The summed E-state index contributed by atoms with van der Waals surface area (Å²) in [5.74, 6) is 0. The van der Waals surface area contributed by atoms with E-state index in [-0.39, 0.29) is 0 Å². The number of nitrogens with zero attached hydrogens (tertiary/aromatic N) is 1. The molecule has 0 bridgehead atoms. The third-order valence-corrected chi connectivity index (χ3v) is 2.54. The molecule has 1 aromatic carbocycles. The molecule has 1 heterocycles. The summed E-state index contributed by atoms with van der Waals surface area (Å²) in [6, 6.07) is 6.00. The Kier molecular flexibility index (Phi) is 1.86. The Balaban J connectivity index is 2.94. The Morgan fingerprint density at radius 1 is 1.46 bits per heavy atom. The van der Waals surface area contributed by atoms with Crippen LogP contribution in [0.1, 0.15) is 11.1 Å². The topological polar surface area (TPSA) is 39.6 Å². The van der Waals surface area contributed by atoms with Crippen LogP contribution in [0.25, 0.3) is 10.9 Å². The molecule has 0 atom stereocenters. The first kappa shape index (κ1) is 8.33. The van der Waals surface area contributed by atoms with Gasteiger partial charge in [-0.1, -0.05) is 15.9 Å². The summed E-state index contributed by atoms with van der Waals surface area (Å²) in [6.45, 7) is 2.02. The number of hydrogen-bond acceptors (Lipinski definition) is 1. The van der Waals surface area contributed by atoms with Crippen LogP contribution in [-0.2, 0) is 0 Å². The molecule has 0 unspecified atom stereocenters. The van der Waals surface area contributed by atoms with E-state index in [0.29, 0.717) is 5.56 Å². The van der Waals surface area contributed by atoms with Gasteiger partial charge in [0.1, 0.15) is 6.07 Å². The van der Waals surface area contributed by atoms with Crippen LogP contribution >= 0.6 is 15.9 Å². The predicted molar refractivity (Wildman–Crippen MR) is 55.5 cm³/mol. The van der Waals surface area contributed by atoms with Gasteiger partial charge in [0.2, 0.25) is 0 Å². The minimum absolute atomic E-state index is 0.678. The van der Waals surface area contributed by atoms with Crippen LogP contribution in [0.2, 0.25) is 0 Å². The van der Waals surface area contributed by atoms with Gasteiger partial charge in [-0.15, -0.1) is 0 Å². The van der Waals surface area contributed by atoms with Gasteiger partial charge in [0.15, 0.2) is 0 Å². The molecule has 1 N–H and O–H groups in total. The lowest BCUT2D eigenvalue weighted by molar-refractivity contribution is 1.41. The zero-order valence-corrected chi connectivity index (χ0v) is 8.64. The van der Waals surface area contributed by atoms with Crippen LogP contribution in [0.15, 0.2) is 22.8 Å². The second-order valence-electron chi connectivity index (χ2n) is 2.96. The number of H-pyrrole nitrogens is 1. The standard InChI is InChI=1S/C10H7BrN2/c1-6-5-13-10-7(4-12)2-8(11)3-9(6)10/h2-3,5,13H,1H3. The van der Waals surface area contributed by atoms with Crippen molar-refractivity contribution < 1.29 is 0 Å². The quantitative estimate of drug-likeness (QED) is 0.748. The highest BCUT2D eigenvalue weighted by Gasteiger charge is 2.05. The van der Waals surface area contributed by atoms with E-state index in [2.05, 4.69) is 27.0 Å². The zero-order valence-electron chi connectivity index (χ0n) is 7.06. The number of aromatic amines is 1. The third-order valence-electron chi connectivity index (χ3n) is 2.08. The number of benzene rings is 1. The third kappa shape index (κ3) is 1.24. The highest BCUT2D eigenvalue weighted by atomic mass is 79.9. The minimum atomic E-state index is 0.678. The molecule has 3 heteroatoms. The van der Waals surface area contributed by atoms with Crippen LogP contribution in [-0.4, -0.2) is 4.98 Å². The molecule has 2 aromatic rings. The van der Waals surface area contributed by atoms with Crippen LogP contribution < -0.4 is 0 Å². The van der Waals surface area contributed by atoms with Crippen molar-refractivity contribution in [2.45, 2.75) is 6.92 Å². The van der Waals surface area contributed by atoms with E-state index >= 15 is 0 Å². The van der Waals surface area contributed by atoms with Crippen molar-refractivity contribution in [3.05, 3.63) is 33.9 Å². The van der Waals surface area contributed by atoms with Gasteiger partial charge in [-0.25, -0.2) is 0 Å². The van der Waals surface area contributed by atoms with E-state index in [1.165, 1.54) is 0 Å². The Labute approximate surface area is 84.3 Å². The summed E-state index contributed by atoms with van der Waals surface area (Å²) in [7, 11) is 0. The fraction of sp³-hybridized carbons (Fsp3) is 0.100. The summed E-state index contributed by atoms with van der Waals surface area (Å²) < 4.78 is 0.944. The van der Waals surface area contributed by atoms with Crippen molar-refractivity contribution in [3.63, 3.8) is 0 Å². The van der Waals surface area contributed by atoms with Gasteiger partial charge in [0, 0.05) is 16.1 Å². The van der Waals surface area contributed by atoms with E-state index in [1.54, 1.807) is 0 Å². The lowest BCUT2D eigenvalue weighted by atomic mass is 10.1. The van der Waals surface area contributed by atoms with Crippen molar-refractivity contribution in [1.29, 1.82) is 5.26 Å². The molecule has 0 saturated carbocycles. The molecule has 0 fully saturated rings. The maximum Gasteiger partial charge on any atom is 0.101 e. The lowest BCUT2D eigenvalue weighted by Crippen LogP contribution is -1.78. The molecule has 0 saturated heterocycles. The molecular weight excluding hydrogens is 228 g/mol. The maximum atomic E-state index is 8.88. The molecule has 0 aliphatic heterocycles. The Hall–Kier alpha value is -1.27. The van der Waals surface area contributed by atoms with E-state index in [4.69, 9.17) is 5.26 Å². The second-order valence-corrected chi connectivity index (χ2v) is 3.88. The number of fused-ring (bicyclic) bond motifs is 1. The lowest BCUT2D eigenvalue weighted by Gasteiger charge is -1.96. The first-order valence-corrected chi connectivity index (χ1v) is 4.69. The number of rotatable bonds is 0. The Bertz CT molecular complexity index is 505. The molecule has 2 nitrogen and oxygen atoms in total. The smallest absolute Gasteiger partial charge is 0.101 e. The largest absolute Gasteiger partial charge is 0.360 e. The van der Waals surface area contributed by atoms with Crippen molar-refractivity contribution >= 4 is 26.8 Å². The first-order chi connectivity index (χ1) is 6.22. The molecule has 2 rings (SSSR count). The Morgan fingerprint density at radius 3 is 2.92 bits per heavy atom. The van der Waals surface area contributed by atoms with E-state index in [0.717, 1.165) is 20.9 Å². The number of aromatic nitrogens is 1. The highest BCUT2D eigenvalue weighted by molar-refractivity contribution is 9.10. The number of nitrogens with one attached hydrogen (secondary N) is 1. The van der Waals surface area contributed by atoms with Crippen LogP contribution in [0, 0.1) is 18.3 Å². The molecule has 1 aromatic heterocycles. The summed E-state index contributed by atoms with van der Waals surface area (Å²) >= 11 is 3.38. The summed E-state index contributed by atoms with van der Waals surface area (Å²) in [5.41, 5.74) is 2.76. The fourth-order valence-corrected chi connectivity index (χ4v) is 1.88. The van der Waals surface area contributed by atoms with Crippen molar-refractivity contribution in [2.24, 2.45) is 0 Å². The van der Waals surface area contributed by atoms with E-state index in [9.17, 15) is 0 Å². The molecule has 0 amide bonds. The van der Waals surface area contributed by atoms with E-state index in [1.807, 2.05) is 25.3 Å².